The van der Waals surface area contributed by atoms with Gasteiger partial charge in [0.25, 0.3) is 5.91 Å². The molecule has 0 saturated heterocycles. The minimum Gasteiger partial charge on any atom is -0.465 e. The van der Waals surface area contributed by atoms with E-state index in [0.29, 0.717) is 21.0 Å². The van der Waals surface area contributed by atoms with Gasteiger partial charge in [-0.25, -0.2) is 4.79 Å². The van der Waals surface area contributed by atoms with Gasteiger partial charge in [0.15, 0.2) is 0 Å². The Bertz CT molecular complexity index is 1030. The van der Waals surface area contributed by atoms with Crippen LogP contribution in [0.2, 0.25) is 0 Å². The maximum Gasteiger partial charge on any atom is 0.348 e. The summed E-state index contributed by atoms with van der Waals surface area (Å²) in [4.78, 5) is 24.7. The molecule has 0 radical (unpaired) electrons. The lowest BCUT2D eigenvalue weighted by molar-refractivity contribution is 0.0605. The highest BCUT2D eigenvalue weighted by atomic mass is 32.1. The molecule has 0 bridgehead atoms. The first-order valence-electron chi connectivity index (χ1n) is 8.13. The van der Waals surface area contributed by atoms with Crippen LogP contribution in [-0.2, 0) is 4.74 Å². The van der Waals surface area contributed by atoms with Crippen LogP contribution in [0.3, 0.4) is 0 Å². The van der Waals surface area contributed by atoms with Gasteiger partial charge in [-0.3, -0.25) is 4.79 Å². The number of hydrogen-bond acceptors (Lipinski definition) is 5. The summed E-state index contributed by atoms with van der Waals surface area (Å²) < 4.78 is 4.72. The minimum absolute atomic E-state index is 0.273. The molecule has 6 heteroatoms. The molecular formula is C21H16N2O3S. The molecule has 3 aromatic rings. The molecule has 0 aliphatic heterocycles. The van der Waals surface area contributed by atoms with Crippen molar-refractivity contribution in [3.8, 4) is 17.2 Å². The molecule has 0 atom stereocenters. The van der Waals surface area contributed by atoms with Crippen LogP contribution in [0.15, 0.2) is 54.6 Å². The lowest BCUT2D eigenvalue weighted by Gasteiger charge is -2.05. The van der Waals surface area contributed by atoms with Crippen LogP contribution < -0.4 is 5.32 Å². The first-order chi connectivity index (χ1) is 13.0. The maximum absolute atomic E-state index is 12.6. The van der Waals surface area contributed by atoms with E-state index in [2.05, 4.69) is 5.32 Å². The van der Waals surface area contributed by atoms with Crippen LogP contribution in [-0.4, -0.2) is 19.0 Å². The molecule has 5 nitrogen and oxygen atoms in total. The van der Waals surface area contributed by atoms with Crippen molar-refractivity contribution in [1.82, 2.24) is 0 Å². The van der Waals surface area contributed by atoms with E-state index < -0.39 is 5.97 Å². The Labute approximate surface area is 160 Å². The van der Waals surface area contributed by atoms with E-state index in [4.69, 9.17) is 4.74 Å². The molecule has 3 rings (SSSR count). The van der Waals surface area contributed by atoms with E-state index in [9.17, 15) is 14.9 Å². The first kappa shape index (κ1) is 18.4. The number of rotatable bonds is 4. The van der Waals surface area contributed by atoms with Crippen molar-refractivity contribution >= 4 is 28.2 Å². The van der Waals surface area contributed by atoms with Crippen LogP contribution in [0.25, 0.3) is 11.1 Å². The molecular weight excluding hydrogens is 360 g/mol. The summed E-state index contributed by atoms with van der Waals surface area (Å²) in [6.07, 6.45) is 0. The van der Waals surface area contributed by atoms with Crippen molar-refractivity contribution in [3.63, 3.8) is 0 Å². The van der Waals surface area contributed by atoms with Gasteiger partial charge < -0.3 is 10.1 Å². The molecule has 1 amide bonds. The normalized spacial score (nSPS) is 10.1. The van der Waals surface area contributed by atoms with E-state index in [-0.39, 0.29) is 11.5 Å². The molecule has 1 N–H and O–H groups in total. The van der Waals surface area contributed by atoms with Gasteiger partial charge in [-0.15, -0.1) is 11.3 Å². The third kappa shape index (κ3) is 3.73. The van der Waals surface area contributed by atoms with Gasteiger partial charge in [0, 0.05) is 5.56 Å². The number of nitrogens with zero attached hydrogens (tertiary/aromatic N) is 1. The number of methoxy groups -OCH3 is 1. The molecule has 0 aliphatic carbocycles. The lowest BCUT2D eigenvalue weighted by atomic mass is 10.0. The third-order valence-electron chi connectivity index (χ3n) is 4.11. The number of nitriles is 1. The van der Waals surface area contributed by atoms with E-state index in [0.717, 1.165) is 22.5 Å². The number of carbonyl (C=O) groups excluding carboxylic acids is 2. The van der Waals surface area contributed by atoms with Crippen LogP contribution in [0.5, 0.6) is 0 Å². The Morgan fingerprint density at radius 1 is 1.04 bits per heavy atom. The van der Waals surface area contributed by atoms with Gasteiger partial charge in [0.05, 0.1) is 12.7 Å². The molecule has 27 heavy (non-hydrogen) atoms. The molecule has 134 valence electrons. The molecule has 0 saturated carbocycles. The van der Waals surface area contributed by atoms with Crippen molar-refractivity contribution in [2.24, 2.45) is 0 Å². The van der Waals surface area contributed by atoms with Crippen molar-refractivity contribution in [2.45, 2.75) is 6.92 Å². The summed E-state index contributed by atoms with van der Waals surface area (Å²) >= 11 is 1.04. The fraction of sp³-hybridized carbons (Fsp3) is 0.0952. The number of benzene rings is 2. The molecule has 0 spiro atoms. The number of nitrogens with one attached hydrogen (secondary N) is 1. The Morgan fingerprint density at radius 2 is 1.67 bits per heavy atom. The number of carbonyl (C=O) groups is 2. The summed E-state index contributed by atoms with van der Waals surface area (Å²) in [6.45, 7) is 1.66. The predicted octanol–water partition coefficient (Wildman–Crippen LogP) is 4.63. The van der Waals surface area contributed by atoms with Gasteiger partial charge in [0.2, 0.25) is 0 Å². The SMILES string of the molecule is COC(=O)c1sc(NC(=O)c2ccc(-c3ccccc3)cc2)c(C#N)c1C. The van der Waals surface area contributed by atoms with Gasteiger partial charge in [-0.2, -0.15) is 5.26 Å². The number of anilines is 1. The number of thiophene rings is 1. The first-order valence-corrected chi connectivity index (χ1v) is 8.95. The van der Waals surface area contributed by atoms with E-state index in [1.165, 1.54) is 7.11 Å². The van der Waals surface area contributed by atoms with Crippen LogP contribution in [0.4, 0.5) is 5.00 Å². The van der Waals surface area contributed by atoms with E-state index >= 15 is 0 Å². The summed E-state index contributed by atoms with van der Waals surface area (Å²) in [5.74, 6) is -0.870. The largest absolute Gasteiger partial charge is 0.465 e. The Hall–Kier alpha value is -3.43. The van der Waals surface area contributed by atoms with E-state index in [1.807, 2.05) is 48.5 Å². The topological polar surface area (TPSA) is 79.2 Å². The van der Waals surface area contributed by atoms with E-state index in [1.54, 1.807) is 19.1 Å². The second-order valence-electron chi connectivity index (χ2n) is 5.76. The van der Waals surface area contributed by atoms with Crippen LogP contribution >= 0.6 is 11.3 Å². The number of esters is 1. The summed E-state index contributed by atoms with van der Waals surface area (Å²) in [5.41, 5.74) is 3.31. The fourth-order valence-corrected chi connectivity index (χ4v) is 3.71. The standard InChI is InChI=1S/C21H16N2O3S/c1-13-17(12-22)20(27-18(13)21(25)26-2)23-19(24)16-10-8-15(9-11-16)14-6-4-3-5-7-14/h3-11H,1-2H3,(H,23,24). The highest BCUT2D eigenvalue weighted by Crippen LogP contribution is 2.33. The minimum atomic E-state index is -0.526. The maximum atomic E-state index is 12.6. The molecule has 2 aromatic carbocycles. The van der Waals surface area contributed by atoms with Gasteiger partial charge >= 0.3 is 5.97 Å². The third-order valence-corrected chi connectivity index (χ3v) is 5.30. The van der Waals surface area contributed by atoms with Crippen LogP contribution in [0, 0.1) is 18.3 Å². The smallest absolute Gasteiger partial charge is 0.348 e. The zero-order chi connectivity index (χ0) is 19.4. The molecule has 0 fully saturated rings. The fourth-order valence-electron chi connectivity index (χ4n) is 2.64. The average Bonchev–Trinajstić information content (AvgIpc) is 3.03. The highest BCUT2D eigenvalue weighted by molar-refractivity contribution is 7.18. The quantitative estimate of drug-likeness (QED) is 0.673. The summed E-state index contributed by atoms with van der Waals surface area (Å²) in [6, 6.07) is 19.1. The molecule has 1 aromatic heterocycles. The average molecular weight is 376 g/mol. The van der Waals surface area contributed by atoms with Crippen molar-refractivity contribution < 1.29 is 14.3 Å². The number of ether oxygens (including phenoxy) is 1. The zero-order valence-corrected chi connectivity index (χ0v) is 15.6. The van der Waals surface area contributed by atoms with Gasteiger partial charge in [-0.05, 0) is 35.7 Å². The summed E-state index contributed by atoms with van der Waals surface area (Å²) in [5, 5.41) is 12.4. The second kappa shape index (κ2) is 7.85. The van der Waals surface area contributed by atoms with Crippen molar-refractivity contribution in [3.05, 3.63) is 76.2 Å². The molecule has 0 aliphatic rings. The molecule has 0 unspecified atom stereocenters. The monoisotopic (exact) mass is 376 g/mol. The lowest BCUT2D eigenvalue weighted by Crippen LogP contribution is -2.11. The molecule has 1 heterocycles. The Morgan fingerprint density at radius 3 is 2.26 bits per heavy atom. The van der Waals surface area contributed by atoms with Crippen LogP contribution in [0.1, 0.15) is 31.2 Å². The van der Waals surface area contributed by atoms with Gasteiger partial charge in [-0.1, -0.05) is 42.5 Å². The Kier molecular flexibility index (Phi) is 5.34. The van der Waals surface area contributed by atoms with Crippen molar-refractivity contribution in [2.75, 3.05) is 12.4 Å². The highest BCUT2D eigenvalue weighted by Gasteiger charge is 2.22. The van der Waals surface area contributed by atoms with Crippen molar-refractivity contribution in [1.29, 1.82) is 5.26 Å². The summed E-state index contributed by atoms with van der Waals surface area (Å²) in [7, 11) is 1.28. The predicted molar refractivity (Wildman–Crippen MR) is 105 cm³/mol. The number of hydrogen-bond donors (Lipinski definition) is 1. The van der Waals surface area contributed by atoms with Gasteiger partial charge in [0.1, 0.15) is 15.9 Å². The number of amides is 1. The Balaban J connectivity index is 1.84. The second-order valence-corrected chi connectivity index (χ2v) is 6.78. The zero-order valence-electron chi connectivity index (χ0n) is 14.8.